The Labute approximate surface area is 165 Å². The van der Waals surface area contributed by atoms with E-state index in [1.807, 2.05) is 46.2 Å². The van der Waals surface area contributed by atoms with E-state index >= 15 is 0 Å². The van der Waals surface area contributed by atoms with Gasteiger partial charge >= 0.3 is 5.97 Å². The molecule has 148 valence electrons. The zero-order valence-corrected chi connectivity index (χ0v) is 15.9. The average molecular weight is 382 g/mol. The number of aliphatic carboxylic acids is 1. The first kappa shape index (κ1) is 19.9. The number of carbonyl (C=O) groups is 2. The summed E-state index contributed by atoms with van der Waals surface area (Å²) in [4.78, 5) is 27.3. The molecule has 2 aromatic carbocycles. The van der Waals surface area contributed by atoms with E-state index in [9.17, 15) is 14.7 Å². The number of phenolic OH excluding ortho intramolecular Hbond substituents is 1. The minimum absolute atomic E-state index is 0.0269. The molecule has 1 amide bonds. The van der Waals surface area contributed by atoms with Crippen molar-refractivity contribution in [3.63, 3.8) is 0 Å². The smallest absolute Gasteiger partial charge is 0.317 e. The fourth-order valence-electron chi connectivity index (χ4n) is 3.61. The van der Waals surface area contributed by atoms with Crippen molar-refractivity contribution in [2.75, 3.05) is 32.7 Å². The van der Waals surface area contributed by atoms with Crippen LogP contribution in [0.4, 0.5) is 0 Å². The van der Waals surface area contributed by atoms with Gasteiger partial charge in [0.2, 0.25) is 5.91 Å². The van der Waals surface area contributed by atoms with Crippen molar-refractivity contribution in [2.24, 2.45) is 0 Å². The molecule has 6 nitrogen and oxygen atoms in total. The summed E-state index contributed by atoms with van der Waals surface area (Å²) >= 11 is 0. The highest BCUT2D eigenvalue weighted by Crippen LogP contribution is 2.17. The van der Waals surface area contributed by atoms with E-state index in [-0.39, 0.29) is 18.2 Å². The van der Waals surface area contributed by atoms with Gasteiger partial charge in [-0.15, -0.1) is 0 Å². The summed E-state index contributed by atoms with van der Waals surface area (Å²) < 4.78 is 0. The lowest BCUT2D eigenvalue weighted by Gasteiger charge is -2.21. The average Bonchev–Trinajstić information content (AvgIpc) is 2.87. The second kappa shape index (κ2) is 9.37. The number of phenols is 1. The third-order valence-electron chi connectivity index (χ3n) is 4.97. The number of rotatable bonds is 6. The molecule has 1 heterocycles. The molecule has 6 heteroatoms. The first-order valence-electron chi connectivity index (χ1n) is 9.57. The van der Waals surface area contributed by atoms with Gasteiger partial charge in [-0.05, 0) is 41.7 Å². The standard InChI is InChI=1S/C22H26N2O4/c25-20-7-2-6-18(14-20)12-17-4-1-5-19(13-17)15-21(26)24-9-3-8-23(10-11-24)16-22(27)28/h1-2,4-7,13-14,25H,3,8-12,15-16H2,(H,27,28). The van der Waals surface area contributed by atoms with Crippen molar-refractivity contribution < 1.29 is 19.8 Å². The van der Waals surface area contributed by atoms with Crippen LogP contribution in [0.2, 0.25) is 0 Å². The number of amides is 1. The molecular formula is C22H26N2O4. The molecule has 28 heavy (non-hydrogen) atoms. The second-order valence-electron chi connectivity index (χ2n) is 7.25. The maximum absolute atomic E-state index is 12.7. The van der Waals surface area contributed by atoms with Crippen LogP contribution in [0.5, 0.6) is 5.75 Å². The Balaban J connectivity index is 1.59. The summed E-state index contributed by atoms with van der Waals surface area (Å²) in [5.74, 6) is -0.503. The fraction of sp³-hybridized carbons (Fsp3) is 0.364. The van der Waals surface area contributed by atoms with Gasteiger partial charge in [-0.25, -0.2) is 0 Å². The van der Waals surface area contributed by atoms with E-state index in [4.69, 9.17) is 5.11 Å². The highest BCUT2D eigenvalue weighted by Gasteiger charge is 2.20. The van der Waals surface area contributed by atoms with Gasteiger partial charge in [-0.1, -0.05) is 36.4 Å². The predicted octanol–water partition coefficient (Wildman–Crippen LogP) is 2.14. The van der Waals surface area contributed by atoms with Crippen LogP contribution >= 0.6 is 0 Å². The second-order valence-corrected chi connectivity index (χ2v) is 7.25. The molecular weight excluding hydrogens is 356 g/mol. The molecule has 0 saturated carbocycles. The van der Waals surface area contributed by atoms with E-state index in [2.05, 4.69) is 0 Å². The Hall–Kier alpha value is -2.86. The number of carboxylic acids is 1. The van der Waals surface area contributed by atoms with Crippen LogP contribution in [0.3, 0.4) is 0 Å². The van der Waals surface area contributed by atoms with Gasteiger partial charge in [0.1, 0.15) is 5.75 Å². The number of carboxylic acid groups (broad SMARTS) is 1. The topological polar surface area (TPSA) is 81.1 Å². The maximum atomic E-state index is 12.7. The summed E-state index contributed by atoms with van der Waals surface area (Å²) in [6.07, 6.45) is 1.83. The molecule has 2 N–H and O–H groups in total. The summed E-state index contributed by atoms with van der Waals surface area (Å²) in [5.41, 5.74) is 3.09. The van der Waals surface area contributed by atoms with E-state index < -0.39 is 5.97 Å². The number of benzene rings is 2. The van der Waals surface area contributed by atoms with Crippen LogP contribution in [0, 0.1) is 0 Å². The molecule has 0 spiro atoms. The zero-order valence-electron chi connectivity index (χ0n) is 15.9. The molecule has 0 aliphatic carbocycles. The zero-order chi connectivity index (χ0) is 19.9. The summed E-state index contributed by atoms with van der Waals surface area (Å²) in [6, 6.07) is 15.2. The lowest BCUT2D eigenvalue weighted by atomic mass is 10.0. The van der Waals surface area contributed by atoms with Crippen LogP contribution in [-0.4, -0.2) is 64.6 Å². The summed E-state index contributed by atoms with van der Waals surface area (Å²) in [6.45, 7) is 2.55. The van der Waals surface area contributed by atoms with Crippen molar-refractivity contribution in [3.8, 4) is 5.75 Å². The SMILES string of the molecule is O=C(O)CN1CCCN(C(=O)Cc2cccc(Cc3cccc(O)c3)c2)CC1. The number of hydrogen-bond acceptors (Lipinski definition) is 4. The lowest BCUT2D eigenvalue weighted by molar-refractivity contribution is -0.138. The lowest BCUT2D eigenvalue weighted by Crippen LogP contribution is -2.37. The van der Waals surface area contributed by atoms with Crippen molar-refractivity contribution in [3.05, 3.63) is 65.2 Å². The van der Waals surface area contributed by atoms with Crippen LogP contribution in [0.25, 0.3) is 0 Å². The van der Waals surface area contributed by atoms with E-state index in [1.165, 1.54) is 0 Å². The van der Waals surface area contributed by atoms with Crippen LogP contribution in [-0.2, 0) is 22.4 Å². The molecule has 0 bridgehead atoms. The molecule has 1 saturated heterocycles. The quantitative estimate of drug-likeness (QED) is 0.800. The van der Waals surface area contributed by atoms with Crippen molar-refractivity contribution in [1.82, 2.24) is 9.80 Å². The first-order chi connectivity index (χ1) is 13.5. The van der Waals surface area contributed by atoms with Gasteiger partial charge in [0.25, 0.3) is 0 Å². The van der Waals surface area contributed by atoms with Crippen LogP contribution in [0.15, 0.2) is 48.5 Å². The van der Waals surface area contributed by atoms with Gasteiger partial charge < -0.3 is 15.1 Å². The van der Waals surface area contributed by atoms with Crippen LogP contribution < -0.4 is 0 Å². The van der Waals surface area contributed by atoms with Gasteiger partial charge in [0.15, 0.2) is 0 Å². The Morgan fingerprint density at radius 1 is 0.893 bits per heavy atom. The highest BCUT2D eigenvalue weighted by molar-refractivity contribution is 5.79. The normalized spacial score (nSPS) is 15.2. The summed E-state index contributed by atoms with van der Waals surface area (Å²) in [7, 11) is 0. The Morgan fingerprint density at radius 3 is 2.36 bits per heavy atom. The Morgan fingerprint density at radius 2 is 1.61 bits per heavy atom. The molecule has 0 atom stereocenters. The van der Waals surface area contributed by atoms with Gasteiger partial charge in [-0.2, -0.15) is 0 Å². The molecule has 1 aliphatic rings. The number of nitrogens with zero attached hydrogens (tertiary/aromatic N) is 2. The maximum Gasteiger partial charge on any atom is 0.317 e. The largest absolute Gasteiger partial charge is 0.508 e. The molecule has 0 unspecified atom stereocenters. The van der Waals surface area contributed by atoms with Crippen LogP contribution in [0.1, 0.15) is 23.1 Å². The van der Waals surface area contributed by atoms with Gasteiger partial charge in [-0.3, -0.25) is 14.5 Å². The van der Waals surface area contributed by atoms with E-state index in [1.54, 1.807) is 12.1 Å². The minimum atomic E-state index is -0.830. The Kier molecular flexibility index (Phi) is 6.66. The monoisotopic (exact) mass is 382 g/mol. The molecule has 1 aliphatic heterocycles. The third kappa shape index (κ3) is 5.82. The number of carbonyl (C=O) groups excluding carboxylic acids is 1. The van der Waals surface area contributed by atoms with Gasteiger partial charge in [0.05, 0.1) is 13.0 Å². The highest BCUT2D eigenvalue weighted by atomic mass is 16.4. The first-order valence-corrected chi connectivity index (χ1v) is 9.57. The van der Waals surface area contributed by atoms with E-state index in [0.29, 0.717) is 39.0 Å². The minimum Gasteiger partial charge on any atom is -0.508 e. The van der Waals surface area contributed by atoms with E-state index in [0.717, 1.165) is 23.1 Å². The molecule has 2 aromatic rings. The van der Waals surface area contributed by atoms with Crippen molar-refractivity contribution in [1.29, 1.82) is 0 Å². The molecule has 0 aromatic heterocycles. The molecule has 3 rings (SSSR count). The fourth-order valence-corrected chi connectivity index (χ4v) is 3.61. The van der Waals surface area contributed by atoms with Crippen molar-refractivity contribution in [2.45, 2.75) is 19.3 Å². The molecule has 1 fully saturated rings. The number of hydrogen-bond donors (Lipinski definition) is 2. The number of aromatic hydroxyl groups is 1. The summed E-state index contributed by atoms with van der Waals surface area (Å²) in [5, 5.41) is 18.6. The Bertz CT molecular complexity index is 837. The molecule has 0 radical (unpaired) electrons. The predicted molar refractivity (Wildman–Crippen MR) is 106 cm³/mol. The third-order valence-corrected chi connectivity index (χ3v) is 4.97. The van der Waals surface area contributed by atoms with Gasteiger partial charge in [0, 0.05) is 26.2 Å². The van der Waals surface area contributed by atoms with Crippen molar-refractivity contribution >= 4 is 11.9 Å².